The molecule has 1 saturated heterocycles. The highest BCUT2D eigenvalue weighted by molar-refractivity contribution is 7.25. The van der Waals surface area contributed by atoms with Gasteiger partial charge in [-0.25, -0.2) is 4.90 Å². The topological polar surface area (TPSA) is 37.4 Å². The van der Waals surface area contributed by atoms with E-state index in [-0.39, 0.29) is 35.5 Å². The van der Waals surface area contributed by atoms with Crippen molar-refractivity contribution in [2.45, 2.75) is 6.42 Å². The van der Waals surface area contributed by atoms with Crippen LogP contribution in [-0.4, -0.2) is 11.8 Å². The fourth-order valence-corrected chi connectivity index (χ4v) is 6.10. The molecular weight excluding hydrogens is 330 g/mol. The normalized spacial score (nSPS) is 30.2. The van der Waals surface area contributed by atoms with E-state index in [4.69, 9.17) is 0 Å². The van der Waals surface area contributed by atoms with Gasteiger partial charge in [0, 0.05) is 20.2 Å². The van der Waals surface area contributed by atoms with E-state index in [2.05, 4.69) is 24.3 Å². The highest BCUT2D eigenvalue weighted by atomic mass is 32.1. The predicted octanol–water partition coefficient (Wildman–Crippen LogP) is 4.37. The quantitative estimate of drug-likeness (QED) is 0.485. The second-order valence-electron chi connectivity index (χ2n) is 7.29. The van der Waals surface area contributed by atoms with E-state index in [0.29, 0.717) is 0 Å². The maximum absolute atomic E-state index is 13.0. The zero-order chi connectivity index (χ0) is 16.7. The summed E-state index contributed by atoms with van der Waals surface area (Å²) < 4.78 is 2.42. The first-order valence-electron chi connectivity index (χ1n) is 8.70. The number of hydrogen-bond acceptors (Lipinski definition) is 3. The molecule has 6 rings (SSSR count). The molecule has 2 aliphatic carbocycles. The van der Waals surface area contributed by atoms with Gasteiger partial charge in [-0.3, -0.25) is 9.59 Å². The van der Waals surface area contributed by atoms with Crippen molar-refractivity contribution in [1.29, 1.82) is 0 Å². The zero-order valence-corrected chi connectivity index (χ0v) is 14.2. The SMILES string of the molecule is O=C1[C@@H]2[C@H](C(=O)N1c1ccc3sc4ccccc4c3c1)[C@H]1C=C[C@@H]2C1. The molecule has 0 spiro atoms. The standard InChI is InChI=1S/C21H15NO2S/c23-20-18-11-5-6-12(9-11)19(18)21(24)22(20)13-7-8-17-15(10-13)14-3-1-2-4-16(14)25-17/h1-8,10-12,18-19H,9H2/t11-,12+,18+,19-. The van der Waals surface area contributed by atoms with Crippen LogP contribution >= 0.6 is 11.3 Å². The lowest BCUT2D eigenvalue weighted by Gasteiger charge is -2.17. The minimum atomic E-state index is -0.141. The Morgan fingerprint density at radius 1 is 0.840 bits per heavy atom. The van der Waals surface area contributed by atoms with Gasteiger partial charge < -0.3 is 0 Å². The summed E-state index contributed by atoms with van der Waals surface area (Å²) in [5.41, 5.74) is 0.722. The van der Waals surface area contributed by atoms with Gasteiger partial charge in [-0.1, -0.05) is 30.4 Å². The van der Waals surface area contributed by atoms with E-state index in [0.717, 1.165) is 17.5 Å². The minimum Gasteiger partial charge on any atom is -0.274 e. The number of anilines is 1. The van der Waals surface area contributed by atoms with Crippen molar-refractivity contribution in [3.8, 4) is 0 Å². The number of benzene rings is 2. The molecule has 4 heteroatoms. The highest BCUT2D eigenvalue weighted by Crippen LogP contribution is 2.53. The second kappa shape index (κ2) is 4.58. The largest absolute Gasteiger partial charge is 0.274 e. The van der Waals surface area contributed by atoms with Crippen LogP contribution in [0.1, 0.15) is 6.42 Å². The maximum Gasteiger partial charge on any atom is 0.238 e. The molecule has 3 nitrogen and oxygen atoms in total. The summed E-state index contributed by atoms with van der Waals surface area (Å²) in [5, 5.41) is 2.31. The van der Waals surface area contributed by atoms with E-state index in [9.17, 15) is 9.59 Å². The predicted molar refractivity (Wildman–Crippen MR) is 99.5 cm³/mol. The molecule has 25 heavy (non-hydrogen) atoms. The zero-order valence-electron chi connectivity index (χ0n) is 13.4. The summed E-state index contributed by atoms with van der Waals surface area (Å²) in [6.07, 6.45) is 5.24. The third kappa shape index (κ3) is 1.65. The Balaban J connectivity index is 1.50. The molecule has 2 fully saturated rings. The lowest BCUT2D eigenvalue weighted by Crippen LogP contribution is -2.32. The number of amides is 2. The molecule has 1 aromatic heterocycles. The summed E-state index contributed by atoms with van der Waals surface area (Å²) in [7, 11) is 0. The van der Waals surface area contributed by atoms with Crippen molar-refractivity contribution in [2.24, 2.45) is 23.7 Å². The molecule has 0 N–H and O–H groups in total. The van der Waals surface area contributed by atoms with Crippen LogP contribution in [0.2, 0.25) is 0 Å². The molecule has 1 saturated carbocycles. The summed E-state index contributed by atoms with van der Waals surface area (Å²) in [6.45, 7) is 0. The number of carbonyl (C=O) groups is 2. The first-order valence-corrected chi connectivity index (χ1v) is 9.51. The third-order valence-electron chi connectivity index (χ3n) is 6.09. The number of carbonyl (C=O) groups excluding carboxylic acids is 2. The van der Waals surface area contributed by atoms with Crippen LogP contribution < -0.4 is 4.90 Å². The first kappa shape index (κ1) is 13.8. The highest BCUT2D eigenvalue weighted by Gasteiger charge is 2.59. The third-order valence-corrected chi connectivity index (χ3v) is 7.24. The van der Waals surface area contributed by atoms with Crippen molar-refractivity contribution in [1.82, 2.24) is 0 Å². The number of nitrogens with zero attached hydrogens (tertiary/aromatic N) is 1. The molecule has 3 aliphatic rings. The van der Waals surface area contributed by atoms with E-state index in [1.54, 1.807) is 11.3 Å². The van der Waals surface area contributed by atoms with Crippen LogP contribution in [0.3, 0.4) is 0 Å². The van der Waals surface area contributed by atoms with Gasteiger partial charge in [-0.2, -0.15) is 0 Å². The van der Waals surface area contributed by atoms with Crippen molar-refractivity contribution in [2.75, 3.05) is 4.90 Å². The lowest BCUT2D eigenvalue weighted by molar-refractivity contribution is -0.123. The fraction of sp³-hybridized carbons (Fsp3) is 0.238. The van der Waals surface area contributed by atoms with Gasteiger partial charge >= 0.3 is 0 Å². The van der Waals surface area contributed by atoms with Crippen LogP contribution in [0, 0.1) is 23.7 Å². The number of hydrogen-bond donors (Lipinski definition) is 0. The summed E-state index contributed by atoms with van der Waals surface area (Å²) in [5.74, 6) is 0.204. The van der Waals surface area contributed by atoms with Crippen molar-refractivity contribution in [3.63, 3.8) is 0 Å². The summed E-state index contributed by atoms with van der Waals surface area (Å²) in [4.78, 5) is 27.5. The Hall–Kier alpha value is -2.46. The van der Waals surface area contributed by atoms with E-state index in [1.165, 1.54) is 19.7 Å². The van der Waals surface area contributed by atoms with Crippen LogP contribution in [0.25, 0.3) is 20.2 Å². The van der Waals surface area contributed by atoms with Gasteiger partial charge in [0.1, 0.15) is 0 Å². The fourth-order valence-electron chi connectivity index (χ4n) is 5.01. The summed E-state index contributed by atoms with van der Waals surface area (Å²) >= 11 is 1.74. The number of allylic oxidation sites excluding steroid dienone is 2. The van der Waals surface area contributed by atoms with Gasteiger partial charge in [0.05, 0.1) is 17.5 Å². The van der Waals surface area contributed by atoms with Crippen molar-refractivity contribution < 1.29 is 9.59 Å². The monoisotopic (exact) mass is 345 g/mol. The smallest absolute Gasteiger partial charge is 0.238 e. The maximum atomic E-state index is 13.0. The Labute approximate surface area is 148 Å². The van der Waals surface area contributed by atoms with Crippen LogP contribution in [-0.2, 0) is 9.59 Å². The van der Waals surface area contributed by atoms with Gasteiger partial charge in [0.15, 0.2) is 0 Å². The number of fused-ring (bicyclic) bond motifs is 8. The average Bonchev–Trinajstić information content (AvgIpc) is 3.37. The van der Waals surface area contributed by atoms with Crippen molar-refractivity contribution >= 4 is 49.0 Å². The van der Waals surface area contributed by atoms with Gasteiger partial charge in [-0.15, -0.1) is 11.3 Å². The van der Waals surface area contributed by atoms with E-state index < -0.39 is 0 Å². The number of thiophene rings is 1. The minimum absolute atomic E-state index is 0.00858. The number of imide groups is 1. The van der Waals surface area contributed by atoms with Crippen LogP contribution in [0.5, 0.6) is 0 Å². The van der Waals surface area contributed by atoms with Gasteiger partial charge in [0.2, 0.25) is 11.8 Å². The van der Waals surface area contributed by atoms with E-state index in [1.807, 2.05) is 30.3 Å². The molecule has 0 radical (unpaired) electrons. The molecular formula is C21H15NO2S. The van der Waals surface area contributed by atoms with Crippen LogP contribution in [0.4, 0.5) is 5.69 Å². The molecule has 2 bridgehead atoms. The Morgan fingerprint density at radius 3 is 2.28 bits per heavy atom. The van der Waals surface area contributed by atoms with Crippen LogP contribution in [0.15, 0.2) is 54.6 Å². The molecule has 122 valence electrons. The summed E-state index contributed by atoms with van der Waals surface area (Å²) in [6, 6.07) is 14.3. The molecule has 0 unspecified atom stereocenters. The Bertz CT molecular complexity index is 1080. The lowest BCUT2D eigenvalue weighted by atomic mass is 9.85. The first-order chi connectivity index (χ1) is 12.2. The van der Waals surface area contributed by atoms with Crippen molar-refractivity contribution in [3.05, 3.63) is 54.6 Å². The Morgan fingerprint density at radius 2 is 1.52 bits per heavy atom. The molecule has 4 atom stereocenters. The Kier molecular flexibility index (Phi) is 2.53. The molecule has 3 aromatic rings. The molecule has 2 heterocycles. The number of rotatable bonds is 1. The molecule has 2 amide bonds. The molecule has 1 aliphatic heterocycles. The molecule has 2 aromatic carbocycles. The second-order valence-corrected chi connectivity index (χ2v) is 8.37. The van der Waals surface area contributed by atoms with Gasteiger partial charge in [-0.05, 0) is 42.5 Å². The van der Waals surface area contributed by atoms with E-state index >= 15 is 0 Å². The van der Waals surface area contributed by atoms with Gasteiger partial charge in [0.25, 0.3) is 0 Å². The average molecular weight is 345 g/mol.